The first-order valence-corrected chi connectivity index (χ1v) is 8.34. The molecule has 0 unspecified atom stereocenters. The second kappa shape index (κ2) is 8.48. The second-order valence-electron chi connectivity index (χ2n) is 3.70. The van der Waals surface area contributed by atoms with Crippen LogP contribution >= 0.6 is 23.5 Å². The Balaban J connectivity index is 3.19. The van der Waals surface area contributed by atoms with Gasteiger partial charge in [0.25, 0.3) is 0 Å². The van der Waals surface area contributed by atoms with Gasteiger partial charge in [-0.2, -0.15) is 0 Å². The zero-order valence-electron chi connectivity index (χ0n) is 12.2. The fourth-order valence-corrected chi connectivity index (χ4v) is 4.24. The van der Waals surface area contributed by atoms with Gasteiger partial charge in [0.15, 0.2) is 11.5 Å². The van der Waals surface area contributed by atoms with E-state index in [-0.39, 0.29) is 0 Å². The molecule has 0 aliphatic rings. The maximum absolute atomic E-state index is 5.40. The number of thioether (sulfide) groups is 2. The third kappa shape index (κ3) is 4.14. The van der Waals surface area contributed by atoms with Crippen LogP contribution in [0.4, 0.5) is 0 Å². The van der Waals surface area contributed by atoms with Gasteiger partial charge in [-0.05, 0) is 29.2 Å². The zero-order chi connectivity index (χ0) is 14.3. The highest BCUT2D eigenvalue weighted by molar-refractivity contribution is 8.16. The fraction of sp³-hybridized carbons (Fsp3) is 0.571. The number of hydrogen-bond donors (Lipinski definition) is 0. The van der Waals surface area contributed by atoms with Crippen molar-refractivity contribution < 1.29 is 14.2 Å². The number of benzene rings is 1. The van der Waals surface area contributed by atoms with E-state index in [2.05, 4.69) is 13.8 Å². The maximum atomic E-state index is 5.40. The van der Waals surface area contributed by atoms with Crippen LogP contribution in [0.2, 0.25) is 0 Å². The molecule has 0 aromatic heterocycles. The Morgan fingerprint density at radius 1 is 0.895 bits per heavy atom. The third-order valence-electron chi connectivity index (χ3n) is 2.60. The summed E-state index contributed by atoms with van der Waals surface area (Å²) in [6.45, 7) is 4.34. The summed E-state index contributed by atoms with van der Waals surface area (Å²) in [5, 5.41) is 0. The molecule has 1 aromatic carbocycles. The summed E-state index contributed by atoms with van der Waals surface area (Å²) in [5.41, 5.74) is 1.20. The Labute approximate surface area is 124 Å². The van der Waals surface area contributed by atoms with E-state index in [9.17, 15) is 0 Å². The normalized spacial score (nSPS) is 10.6. The number of rotatable bonds is 8. The second-order valence-corrected chi connectivity index (χ2v) is 6.76. The van der Waals surface area contributed by atoms with Gasteiger partial charge in [0.05, 0.1) is 25.9 Å². The molecule has 1 rings (SSSR count). The van der Waals surface area contributed by atoms with E-state index in [0.717, 1.165) is 23.0 Å². The molecule has 0 amide bonds. The highest BCUT2D eigenvalue weighted by Gasteiger charge is 2.18. The minimum Gasteiger partial charge on any atom is -0.493 e. The summed E-state index contributed by atoms with van der Waals surface area (Å²) in [6, 6.07) is 4.08. The lowest BCUT2D eigenvalue weighted by molar-refractivity contribution is 0.324. The average Bonchev–Trinajstić information content (AvgIpc) is 2.45. The molecule has 0 radical (unpaired) electrons. The molecule has 0 heterocycles. The highest BCUT2D eigenvalue weighted by Crippen LogP contribution is 2.46. The summed E-state index contributed by atoms with van der Waals surface area (Å²) in [7, 11) is 4.92. The number of hydrogen-bond acceptors (Lipinski definition) is 5. The first-order valence-electron chi connectivity index (χ1n) is 6.24. The van der Waals surface area contributed by atoms with E-state index in [1.807, 2.05) is 35.7 Å². The quantitative estimate of drug-likeness (QED) is 0.670. The Bertz CT molecular complexity index is 365. The SMILES string of the molecule is CCSC(SCC)c1cc(OC)c(OC)c(OC)c1. The van der Waals surface area contributed by atoms with Crippen molar-refractivity contribution >= 4 is 23.5 Å². The molecule has 0 spiro atoms. The summed E-state index contributed by atoms with van der Waals surface area (Å²) >= 11 is 3.83. The first-order chi connectivity index (χ1) is 9.21. The zero-order valence-corrected chi connectivity index (χ0v) is 13.8. The van der Waals surface area contributed by atoms with E-state index < -0.39 is 0 Å². The van der Waals surface area contributed by atoms with Crippen molar-refractivity contribution in [3.63, 3.8) is 0 Å². The van der Waals surface area contributed by atoms with Gasteiger partial charge in [-0.1, -0.05) is 13.8 Å². The van der Waals surface area contributed by atoms with E-state index in [1.54, 1.807) is 21.3 Å². The summed E-state index contributed by atoms with van der Waals surface area (Å²) in [5.74, 6) is 4.24. The topological polar surface area (TPSA) is 27.7 Å². The summed E-state index contributed by atoms with van der Waals surface area (Å²) in [6.07, 6.45) is 0. The predicted octanol–water partition coefficient (Wildman–Crippen LogP) is 4.22. The van der Waals surface area contributed by atoms with E-state index in [0.29, 0.717) is 10.3 Å². The molecule has 0 bridgehead atoms. The molecule has 0 N–H and O–H groups in total. The fourth-order valence-electron chi connectivity index (χ4n) is 1.78. The lowest BCUT2D eigenvalue weighted by Gasteiger charge is -2.19. The van der Waals surface area contributed by atoms with Crippen LogP contribution in [0.3, 0.4) is 0 Å². The third-order valence-corrected chi connectivity index (χ3v) is 5.23. The van der Waals surface area contributed by atoms with Crippen molar-refractivity contribution in [1.29, 1.82) is 0 Å². The monoisotopic (exact) mass is 302 g/mol. The van der Waals surface area contributed by atoms with E-state index in [4.69, 9.17) is 14.2 Å². The van der Waals surface area contributed by atoms with Gasteiger partial charge < -0.3 is 14.2 Å². The van der Waals surface area contributed by atoms with Gasteiger partial charge in [0.2, 0.25) is 5.75 Å². The molecular formula is C14H22O3S2. The molecule has 0 saturated carbocycles. The van der Waals surface area contributed by atoms with Crippen molar-refractivity contribution in [2.45, 2.75) is 18.4 Å². The first kappa shape index (κ1) is 16.4. The Kier molecular flexibility index (Phi) is 7.31. The molecule has 3 nitrogen and oxygen atoms in total. The van der Waals surface area contributed by atoms with Gasteiger partial charge in [-0.25, -0.2) is 0 Å². The van der Waals surface area contributed by atoms with Crippen LogP contribution in [0.1, 0.15) is 24.0 Å². The summed E-state index contributed by atoms with van der Waals surface area (Å²) < 4.78 is 16.5. The molecule has 19 heavy (non-hydrogen) atoms. The minimum atomic E-state index is 0.392. The van der Waals surface area contributed by atoms with Crippen LogP contribution in [0.25, 0.3) is 0 Å². The lowest BCUT2D eigenvalue weighted by atomic mass is 10.2. The van der Waals surface area contributed by atoms with Gasteiger partial charge in [-0.3, -0.25) is 0 Å². The number of methoxy groups -OCH3 is 3. The molecule has 0 aliphatic heterocycles. The molecular weight excluding hydrogens is 280 g/mol. The van der Waals surface area contributed by atoms with Crippen LogP contribution < -0.4 is 14.2 Å². The van der Waals surface area contributed by atoms with Crippen molar-refractivity contribution in [3.8, 4) is 17.2 Å². The highest BCUT2D eigenvalue weighted by atomic mass is 32.2. The predicted molar refractivity (Wildman–Crippen MR) is 85.1 cm³/mol. The van der Waals surface area contributed by atoms with Crippen molar-refractivity contribution in [2.24, 2.45) is 0 Å². The molecule has 108 valence electrons. The van der Waals surface area contributed by atoms with Gasteiger partial charge in [0.1, 0.15) is 0 Å². The number of ether oxygens (including phenoxy) is 3. The Hall–Kier alpha value is -0.680. The maximum Gasteiger partial charge on any atom is 0.203 e. The van der Waals surface area contributed by atoms with Gasteiger partial charge >= 0.3 is 0 Å². The molecule has 1 aromatic rings. The molecule has 5 heteroatoms. The average molecular weight is 302 g/mol. The van der Waals surface area contributed by atoms with E-state index >= 15 is 0 Å². The van der Waals surface area contributed by atoms with Crippen LogP contribution in [-0.4, -0.2) is 32.8 Å². The molecule has 0 aliphatic carbocycles. The molecule has 0 fully saturated rings. The molecule has 0 atom stereocenters. The Morgan fingerprint density at radius 2 is 1.37 bits per heavy atom. The van der Waals surface area contributed by atoms with Crippen molar-refractivity contribution in [1.82, 2.24) is 0 Å². The van der Waals surface area contributed by atoms with Gasteiger partial charge in [0, 0.05) is 0 Å². The van der Waals surface area contributed by atoms with Crippen LogP contribution in [0.5, 0.6) is 17.2 Å². The standard InChI is InChI=1S/C14H22O3S2/c1-6-18-14(19-7-2)10-8-11(15-3)13(17-5)12(9-10)16-4/h8-9,14H,6-7H2,1-5H3. The van der Waals surface area contributed by atoms with Gasteiger partial charge in [-0.15, -0.1) is 23.5 Å². The van der Waals surface area contributed by atoms with Crippen LogP contribution in [0, 0.1) is 0 Å². The largest absolute Gasteiger partial charge is 0.493 e. The lowest BCUT2D eigenvalue weighted by Crippen LogP contribution is -1.99. The Morgan fingerprint density at radius 3 is 1.68 bits per heavy atom. The van der Waals surface area contributed by atoms with E-state index in [1.165, 1.54) is 5.56 Å². The summed E-state index contributed by atoms with van der Waals surface area (Å²) in [4.78, 5) is 0. The van der Waals surface area contributed by atoms with Crippen LogP contribution in [0.15, 0.2) is 12.1 Å². The smallest absolute Gasteiger partial charge is 0.203 e. The van der Waals surface area contributed by atoms with Crippen molar-refractivity contribution in [2.75, 3.05) is 32.8 Å². The minimum absolute atomic E-state index is 0.392. The molecule has 0 saturated heterocycles. The van der Waals surface area contributed by atoms with Crippen molar-refractivity contribution in [3.05, 3.63) is 17.7 Å². The van der Waals surface area contributed by atoms with Crippen LogP contribution in [-0.2, 0) is 0 Å².